The fourth-order valence-electron chi connectivity index (χ4n) is 1.85. The first-order valence-corrected chi connectivity index (χ1v) is 7.41. The second-order valence-corrected chi connectivity index (χ2v) is 5.50. The van der Waals surface area contributed by atoms with E-state index in [1.165, 1.54) is 0 Å². The molecule has 1 heterocycles. The normalized spacial score (nSPS) is 11.9. The van der Waals surface area contributed by atoms with Crippen molar-refractivity contribution in [2.45, 2.75) is 38.8 Å². The van der Waals surface area contributed by atoms with E-state index in [0.717, 1.165) is 5.56 Å². The third-order valence-electron chi connectivity index (χ3n) is 3.24. The number of hydrogen-bond acceptors (Lipinski definition) is 4. The van der Waals surface area contributed by atoms with Crippen molar-refractivity contribution in [3.05, 3.63) is 30.1 Å². The molecule has 2 N–H and O–H groups in total. The van der Waals surface area contributed by atoms with Crippen LogP contribution >= 0.6 is 12.2 Å². The lowest BCUT2D eigenvalue weighted by Crippen LogP contribution is -2.33. The van der Waals surface area contributed by atoms with Crippen LogP contribution in [0, 0.1) is 0 Å². The Labute approximate surface area is 131 Å². The van der Waals surface area contributed by atoms with Crippen LogP contribution in [-0.2, 0) is 16.1 Å². The predicted molar refractivity (Wildman–Crippen MR) is 86.8 cm³/mol. The average molecular weight is 309 g/mol. The van der Waals surface area contributed by atoms with Crippen LogP contribution in [0.5, 0.6) is 0 Å². The maximum atomic E-state index is 12.3. The van der Waals surface area contributed by atoms with Crippen LogP contribution in [-0.4, -0.2) is 40.5 Å². The molecule has 1 aromatic heterocycles. The van der Waals surface area contributed by atoms with Crippen molar-refractivity contribution in [1.29, 1.82) is 0 Å². The summed E-state index contributed by atoms with van der Waals surface area (Å²) in [5, 5.41) is 0. The highest BCUT2D eigenvalue weighted by atomic mass is 32.1. The summed E-state index contributed by atoms with van der Waals surface area (Å²) in [6.45, 7) is 3.01. The number of pyridine rings is 1. The molecule has 1 unspecified atom stereocenters. The Hall–Kier alpha value is -1.53. The van der Waals surface area contributed by atoms with Gasteiger partial charge in [-0.25, -0.2) is 0 Å². The van der Waals surface area contributed by atoms with Gasteiger partial charge in [0.2, 0.25) is 5.91 Å². The summed E-state index contributed by atoms with van der Waals surface area (Å²) >= 11 is 4.90. The molecule has 1 atom stereocenters. The zero-order valence-corrected chi connectivity index (χ0v) is 13.4. The van der Waals surface area contributed by atoms with Crippen molar-refractivity contribution < 1.29 is 9.53 Å². The maximum Gasteiger partial charge on any atom is 0.222 e. The molecule has 1 aromatic rings. The molecule has 0 aliphatic heterocycles. The second-order valence-electron chi connectivity index (χ2n) is 4.98. The van der Waals surface area contributed by atoms with Crippen molar-refractivity contribution in [1.82, 2.24) is 9.88 Å². The first-order chi connectivity index (χ1) is 10.0. The van der Waals surface area contributed by atoms with E-state index in [0.29, 0.717) is 37.3 Å². The average Bonchev–Trinajstić information content (AvgIpc) is 2.49. The van der Waals surface area contributed by atoms with Gasteiger partial charge in [-0.3, -0.25) is 9.78 Å². The lowest BCUT2D eigenvalue weighted by atomic mass is 10.1. The topological polar surface area (TPSA) is 68.5 Å². The minimum atomic E-state index is 0.0739. The van der Waals surface area contributed by atoms with Crippen molar-refractivity contribution in [3.8, 4) is 0 Å². The number of hydrogen-bond donors (Lipinski definition) is 1. The molecule has 0 aromatic carbocycles. The Kier molecular flexibility index (Phi) is 7.85. The standard InChI is InChI=1S/C15H23N3O2S/c1-12(20-2)5-6-15(19)18(9-7-14(16)21)11-13-4-3-8-17-10-13/h3-4,8,10,12H,5-7,9,11H2,1-2H3,(H2,16,21). The monoisotopic (exact) mass is 309 g/mol. The molecule has 0 aliphatic carbocycles. The zero-order valence-electron chi connectivity index (χ0n) is 12.6. The third kappa shape index (κ3) is 7.15. The fourth-order valence-corrected chi connectivity index (χ4v) is 1.94. The number of methoxy groups -OCH3 is 1. The molecular weight excluding hydrogens is 286 g/mol. The van der Waals surface area contributed by atoms with Gasteiger partial charge >= 0.3 is 0 Å². The summed E-state index contributed by atoms with van der Waals surface area (Å²) in [4.78, 5) is 18.6. The summed E-state index contributed by atoms with van der Waals surface area (Å²) in [6, 6.07) is 3.81. The van der Waals surface area contributed by atoms with Gasteiger partial charge in [-0.05, 0) is 25.0 Å². The second kappa shape index (κ2) is 9.41. The SMILES string of the molecule is COC(C)CCC(=O)N(CCC(N)=S)Cc1cccnc1. The van der Waals surface area contributed by atoms with Crippen LogP contribution in [0.1, 0.15) is 31.7 Å². The van der Waals surface area contributed by atoms with E-state index in [9.17, 15) is 4.79 Å². The molecular formula is C15H23N3O2S. The molecule has 0 saturated carbocycles. The van der Waals surface area contributed by atoms with Crippen molar-refractivity contribution in [3.63, 3.8) is 0 Å². The van der Waals surface area contributed by atoms with E-state index in [-0.39, 0.29) is 12.0 Å². The van der Waals surface area contributed by atoms with Crippen LogP contribution in [0.2, 0.25) is 0 Å². The van der Waals surface area contributed by atoms with Gasteiger partial charge in [-0.15, -0.1) is 0 Å². The highest BCUT2D eigenvalue weighted by molar-refractivity contribution is 7.80. The molecule has 0 saturated heterocycles. The van der Waals surface area contributed by atoms with Crippen molar-refractivity contribution in [2.75, 3.05) is 13.7 Å². The van der Waals surface area contributed by atoms with E-state index in [2.05, 4.69) is 4.98 Å². The van der Waals surface area contributed by atoms with Crippen LogP contribution < -0.4 is 5.73 Å². The van der Waals surface area contributed by atoms with E-state index < -0.39 is 0 Å². The Morgan fingerprint density at radius 1 is 1.52 bits per heavy atom. The van der Waals surface area contributed by atoms with Crippen molar-refractivity contribution >= 4 is 23.1 Å². The number of carbonyl (C=O) groups is 1. The lowest BCUT2D eigenvalue weighted by molar-refractivity contribution is -0.132. The van der Waals surface area contributed by atoms with E-state index in [1.807, 2.05) is 19.1 Å². The van der Waals surface area contributed by atoms with Gasteiger partial charge in [0.15, 0.2) is 0 Å². The number of amides is 1. The van der Waals surface area contributed by atoms with Gasteiger partial charge in [0.05, 0.1) is 11.1 Å². The Morgan fingerprint density at radius 2 is 2.29 bits per heavy atom. The minimum Gasteiger partial charge on any atom is -0.393 e. The number of thiocarbonyl (C=S) groups is 1. The van der Waals surface area contributed by atoms with Gasteiger partial charge in [0, 0.05) is 45.4 Å². The lowest BCUT2D eigenvalue weighted by Gasteiger charge is -2.23. The maximum absolute atomic E-state index is 12.3. The summed E-state index contributed by atoms with van der Waals surface area (Å²) in [6.07, 6.45) is 5.23. The molecule has 1 rings (SSSR count). The summed E-state index contributed by atoms with van der Waals surface area (Å²) < 4.78 is 5.18. The molecule has 0 radical (unpaired) electrons. The van der Waals surface area contributed by atoms with Gasteiger partial charge < -0.3 is 15.4 Å². The quantitative estimate of drug-likeness (QED) is 0.706. The summed E-state index contributed by atoms with van der Waals surface area (Å²) in [7, 11) is 1.65. The molecule has 21 heavy (non-hydrogen) atoms. The molecule has 6 heteroatoms. The number of nitrogens with two attached hydrogens (primary N) is 1. The fraction of sp³-hybridized carbons (Fsp3) is 0.533. The third-order valence-corrected chi connectivity index (χ3v) is 3.45. The molecule has 0 bridgehead atoms. The highest BCUT2D eigenvalue weighted by Crippen LogP contribution is 2.09. The predicted octanol–water partition coefficient (Wildman–Crippen LogP) is 1.90. The first kappa shape index (κ1) is 17.5. The first-order valence-electron chi connectivity index (χ1n) is 7.00. The zero-order chi connectivity index (χ0) is 15.7. The molecule has 0 fully saturated rings. The largest absolute Gasteiger partial charge is 0.393 e. The minimum absolute atomic E-state index is 0.0739. The Balaban J connectivity index is 2.62. The van der Waals surface area contributed by atoms with Crippen LogP contribution in [0.25, 0.3) is 0 Å². The Bertz CT molecular complexity index is 453. The van der Waals surface area contributed by atoms with E-state index in [1.54, 1.807) is 24.4 Å². The number of nitrogens with zero attached hydrogens (tertiary/aromatic N) is 2. The van der Waals surface area contributed by atoms with Gasteiger partial charge in [-0.2, -0.15) is 0 Å². The van der Waals surface area contributed by atoms with E-state index in [4.69, 9.17) is 22.7 Å². The number of ether oxygens (including phenoxy) is 1. The molecule has 0 spiro atoms. The Morgan fingerprint density at radius 3 is 2.86 bits per heavy atom. The summed E-state index contributed by atoms with van der Waals surface area (Å²) in [5.74, 6) is 0.0824. The van der Waals surface area contributed by atoms with Crippen LogP contribution in [0.4, 0.5) is 0 Å². The molecule has 1 amide bonds. The number of aromatic nitrogens is 1. The van der Waals surface area contributed by atoms with E-state index >= 15 is 0 Å². The number of rotatable bonds is 9. The number of carbonyl (C=O) groups excluding carboxylic acids is 1. The van der Waals surface area contributed by atoms with Gasteiger partial charge in [0.1, 0.15) is 0 Å². The van der Waals surface area contributed by atoms with Gasteiger partial charge in [0.25, 0.3) is 0 Å². The van der Waals surface area contributed by atoms with Crippen LogP contribution in [0.3, 0.4) is 0 Å². The molecule has 116 valence electrons. The summed E-state index contributed by atoms with van der Waals surface area (Å²) in [5.41, 5.74) is 6.53. The van der Waals surface area contributed by atoms with Crippen LogP contribution in [0.15, 0.2) is 24.5 Å². The van der Waals surface area contributed by atoms with Crippen molar-refractivity contribution in [2.24, 2.45) is 5.73 Å². The van der Waals surface area contributed by atoms with Gasteiger partial charge in [-0.1, -0.05) is 18.3 Å². The molecule has 5 nitrogen and oxygen atoms in total. The highest BCUT2D eigenvalue weighted by Gasteiger charge is 2.15. The molecule has 0 aliphatic rings. The smallest absolute Gasteiger partial charge is 0.222 e.